The Morgan fingerprint density at radius 3 is 2.33 bits per heavy atom. The molecule has 1 fully saturated rings. The topological polar surface area (TPSA) is 78.4 Å². The number of hydrogen-bond donors (Lipinski definition) is 3. The molecule has 5 nitrogen and oxygen atoms in total. The molecular weight excluding hydrogens is 318 g/mol. The number of aliphatic hydroxyl groups is 1. The van der Waals surface area contributed by atoms with Crippen LogP contribution < -0.4 is 10.6 Å². The van der Waals surface area contributed by atoms with Gasteiger partial charge in [-0.25, -0.2) is 0 Å². The number of hydrogen-bond acceptors (Lipinski definition) is 3. The van der Waals surface area contributed by atoms with Gasteiger partial charge < -0.3 is 15.7 Å². The Kier molecular flexibility index (Phi) is 5.22. The monoisotopic (exact) mass is 340 g/mol. The lowest BCUT2D eigenvalue weighted by atomic mass is 9.75. The van der Waals surface area contributed by atoms with Crippen molar-refractivity contribution in [2.45, 2.75) is 57.1 Å². The zero-order valence-corrected chi connectivity index (χ0v) is 13.7. The number of benzene rings is 1. The minimum atomic E-state index is -3.81. The molecule has 1 aromatic carbocycles. The fourth-order valence-corrected chi connectivity index (χ4v) is 2.51. The van der Waals surface area contributed by atoms with Gasteiger partial charge in [0.25, 0.3) is 5.91 Å². The van der Waals surface area contributed by atoms with Crippen molar-refractivity contribution in [3.63, 3.8) is 0 Å². The SMILES string of the molecule is CCC(=O)Nc1ccc(C(C)NC(=O)C(F)(F)C2(O)CCC2)cc1. The van der Waals surface area contributed by atoms with E-state index in [-0.39, 0.29) is 18.7 Å². The third-order valence-electron chi connectivity index (χ3n) is 4.41. The van der Waals surface area contributed by atoms with Crippen LogP contribution in [0.15, 0.2) is 24.3 Å². The molecule has 0 heterocycles. The van der Waals surface area contributed by atoms with Crippen LogP contribution in [0.25, 0.3) is 0 Å². The highest BCUT2D eigenvalue weighted by Crippen LogP contribution is 2.44. The number of carbonyl (C=O) groups excluding carboxylic acids is 2. The molecule has 1 aliphatic rings. The van der Waals surface area contributed by atoms with Crippen LogP contribution >= 0.6 is 0 Å². The number of halogens is 2. The predicted octanol–water partition coefficient (Wildman–Crippen LogP) is 2.76. The normalized spacial score (nSPS) is 17.5. The molecule has 1 aliphatic carbocycles. The Balaban J connectivity index is 2.00. The second-order valence-electron chi connectivity index (χ2n) is 6.18. The average Bonchev–Trinajstić information content (AvgIpc) is 2.52. The standard InChI is InChI=1S/C17H22F2N2O3/c1-3-14(22)21-13-7-5-12(6-8-13)11(2)20-15(23)17(18,19)16(24)9-4-10-16/h5-8,11,24H,3-4,9-10H2,1-2H3,(H,20,23)(H,21,22). The van der Waals surface area contributed by atoms with Crippen LogP contribution in [0.3, 0.4) is 0 Å². The van der Waals surface area contributed by atoms with E-state index in [1.807, 2.05) is 0 Å². The molecule has 24 heavy (non-hydrogen) atoms. The largest absolute Gasteiger partial charge is 0.383 e. The number of rotatable bonds is 6. The Bertz CT molecular complexity index is 613. The molecule has 1 unspecified atom stereocenters. The van der Waals surface area contributed by atoms with Gasteiger partial charge in [-0.15, -0.1) is 0 Å². The molecule has 2 amide bonds. The van der Waals surface area contributed by atoms with Crippen LogP contribution in [0.5, 0.6) is 0 Å². The van der Waals surface area contributed by atoms with E-state index in [1.165, 1.54) is 0 Å². The van der Waals surface area contributed by atoms with E-state index in [4.69, 9.17) is 0 Å². The van der Waals surface area contributed by atoms with Gasteiger partial charge in [-0.2, -0.15) is 8.78 Å². The molecule has 7 heteroatoms. The highest BCUT2D eigenvalue weighted by molar-refractivity contribution is 5.90. The summed E-state index contributed by atoms with van der Waals surface area (Å²) in [6.45, 7) is 3.32. The Morgan fingerprint density at radius 1 is 1.29 bits per heavy atom. The van der Waals surface area contributed by atoms with E-state index < -0.39 is 23.5 Å². The zero-order chi connectivity index (χ0) is 18.0. The molecule has 132 valence electrons. The summed E-state index contributed by atoms with van der Waals surface area (Å²) in [5.74, 6) is -5.41. The van der Waals surface area contributed by atoms with E-state index in [0.29, 0.717) is 24.1 Å². The van der Waals surface area contributed by atoms with Crippen LogP contribution in [0, 0.1) is 0 Å². The lowest BCUT2D eigenvalue weighted by molar-refractivity contribution is -0.216. The first-order valence-electron chi connectivity index (χ1n) is 8.00. The summed E-state index contributed by atoms with van der Waals surface area (Å²) in [5, 5.41) is 14.7. The van der Waals surface area contributed by atoms with E-state index >= 15 is 0 Å². The second-order valence-corrected chi connectivity index (χ2v) is 6.18. The van der Waals surface area contributed by atoms with Gasteiger partial charge in [-0.05, 0) is 43.9 Å². The fourth-order valence-electron chi connectivity index (χ4n) is 2.51. The third-order valence-corrected chi connectivity index (χ3v) is 4.41. The summed E-state index contributed by atoms with van der Waals surface area (Å²) in [5.41, 5.74) is -1.02. The first-order chi connectivity index (χ1) is 11.2. The smallest absolute Gasteiger partial charge is 0.352 e. The van der Waals surface area contributed by atoms with E-state index in [9.17, 15) is 23.5 Å². The molecule has 0 saturated heterocycles. The Hall–Kier alpha value is -2.02. The van der Waals surface area contributed by atoms with Gasteiger partial charge in [0, 0.05) is 12.1 Å². The maximum atomic E-state index is 14.1. The van der Waals surface area contributed by atoms with Gasteiger partial charge in [0.15, 0.2) is 0 Å². The molecule has 1 aromatic rings. The molecule has 0 bridgehead atoms. The molecule has 0 radical (unpaired) electrons. The second kappa shape index (κ2) is 6.84. The number of amides is 2. The van der Waals surface area contributed by atoms with Crippen molar-refractivity contribution in [1.82, 2.24) is 5.32 Å². The molecule has 0 aliphatic heterocycles. The number of nitrogens with one attached hydrogen (secondary N) is 2. The highest BCUT2D eigenvalue weighted by Gasteiger charge is 2.61. The minimum Gasteiger partial charge on any atom is -0.383 e. The lowest BCUT2D eigenvalue weighted by Gasteiger charge is -2.41. The van der Waals surface area contributed by atoms with Crippen LogP contribution in [-0.4, -0.2) is 28.4 Å². The molecule has 0 spiro atoms. The Morgan fingerprint density at radius 2 is 1.88 bits per heavy atom. The van der Waals surface area contributed by atoms with Crippen molar-refractivity contribution >= 4 is 17.5 Å². The van der Waals surface area contributed by atoms with Crippen LogP contribution in [-0.2, 0) is 9.59 Å². The van der Waals surface area contributed by atoms with Gasteiger partial charge in [-0.1, -0.05) is 19.1 Å². The third kappa shape index (κ3) is 3.56. The first kappa shape index (κ1) is 18.3. The van der Waals surface area contributed by atoms with Crippen LogP contribution in [0.4, 0.5) is 14.5 Å². The van der Waals surface area contributed by atoms with Crippen molar-refractivity contribution in [3.8, 4) is 0 Å². The van der Waals surface area contributed by atoms with Crippen molar-refractivity contribution in [2.24, 2.45) is 0 Å². The summed E-state index contributed by atoms with van der Waals surface area (Å²) in [7, 11) is 0. The fraction of sp³-hybridized carbons (Fsp3) is 0.529. The van der Waals surface area contributed by atoms with Crippen molar-refractivity contribution in [3.05, 3.63) is 29.8 Å². The summed E-state index contributed by atoms with van der Waals surface area (Å²) in [6.07, 6.45) is 0.688. The predicted molar refractivity (Wildman–Crippen MR) is 85.7 cm³/mol. The summed E-state index contributed by atoms with van der Waals surface area (Å²) < 4.78 is 28.1. The summed E-state index contributed by atoms with van der Waals surface area (Å²) >= 11 is 0. The van der Waals surface area contributed by atoms with Crippen molar-refractivity contribution < 1.29 is 23.5 Å². The number of carbonyl (C=O) groups is 2. The van der Waals surface area contributed by atoms with Gasteiger partial charge in [0.05, 0.1) is 6.04 Å². The van der Waals surface area contributed by atoms with Gasteiger partial charge in [-0.3, -0.25) is 9.59 Å². The number of alkyl halides is 2. The molecule has 3 N–H and O–H groups in total. The maximum absolute atomic E-state index is 14.1. The first-order valence-corrected chi connectivity index (χ1v) is 8.00. The maximum Gasteiger partial charge on any atom is 0.352 e. The molecule has 1 atom stereocenters. The van der Waals surface area contributed by atoms with Gasteiger partial charge in [0.1, 0.15) is 5.60 Å². The van der Waals surface area contributed by atoms with Gasteiger partial charge in [0.2, 0.25) is 5.91 Å². The number of anilines is 1. The van der Waals surface area contributed by atoms with E-state index in [2.05, 4.69) is 10.6 Å². The quantitative estimate of drug-likeness (QED) is 0.745. The average molecular weight is 340 g/mol. The molecule has 2 rings (SSSR count). The van der Waals surface area contributed by atoms with E-state index in [0.717, 1.165) is 0 Å². The van der Waals surface area contributed by atoms with Crippen LogP contribution in [0.1, 0.15) is 51.1 Å². The Labute approximate surface area is 139 Å². The minimum absolute atomic E-state index is 0.0758. The van der Waals surface area contributed by atoms with Gasteiger partial charge >= 0.3 is 5.92 Å². The van der Waals surface area contributed by atoms with E-state index in [1.54, 1.807) is 38.1 Å². The molecule has 0 aromatic heterocycles. The van der Waals surface area contributed by atoms with Crippen molar-refractivity contribution in [1.29, 1.82) is 0 Å². The lowest BCUT2D eigenvalue weighted by Crippen LogP contribution is -2.60. The highest BCUT2D eigenvalue weighted by atomic mass is 19.3. The molecule has 1 saturated carbocycles. The van der Waals surface area contributed by atoms with Crippen LogP contribution in [0.2, 0.25) is 0 Å². The van der Waals surface area contributed by atoms with Crippen molar-refractivity contribution in [2.75, 3.05) is 5.32 Å². The molecular formula is C17H22F2N2O3. The zero-order valence-electron chi connectivity index (χ0n) is 13.7. The summed E-state index contributed by atoms with van der Waals surface area (Å²) in [4.78, 5) is 23.2. The summed E-state index contributed by atoms with van der Waals surface area (Å²) in [6, 6.07) is 5.92.